The van der Waals surface area contributed by atoms with E-state index in [1.165, 1.54) is 0 Å². The van der Waals surface area contributed by atoms with E-state index in [0.29, 0.717) is 23.7 Å². The fourth-order valence-corrected chi connectivity index (χ4v) is 4.68. The van der Waals surface area contributed by atoms with Crippen LogP contribution in [0.1, 0.15) is 27.7 Å². The number of rotatable bonds is 7. The number of fused-ring (bicyclic) bond motifs is 1. The number of methoxy groups -OCH3 is 2. The molecule has 3 aromatic rings. The van der Waals surface area contributed by atoms with Crippen molar-refractivity contribution < 1.29 is 19.0 Å². The Bertz CT molecular complexity index is 1120. The van der Waals surface area contributed by atoms with Gasteiger partial charge in [0.15, 0.2) is 0 Å². The van der Waals surface area contributed by atoms with E-state index in [0.717, 1.165) is 55.2 Å². The minimum absolute atomic E-state index is 0.0455. The van der Waals surface area contributed by atoms with Crippen LogP contribution < -0.4 is 9.47 Å². The standard InChI is InChI=1S/C25H28N4O4/c1-31-18-8-9-19(20(16-18)32-2)24-21-22(17-6-4-3-5-7-17)26-27-23(21)25(30)29(24)11-10-28-12-14-33-15-13-28/h3-9,16,24H,10-15H2,1-2H3,(H,26,27). The third-order valence-electron chi connectivity index (χ3n) is 6.41. The van der Waals surface area contributed by atoms with E-state index in [-0.39, 0.29) is 11.9 Å². The Balaban J connectivity index is 1.57. The minimum Gasteiger partial charge on any atom is -0.497 e. The number of carbonyl (C=O) groups excluding carboxylic acids is 1. The third-order valence-corrected chi connectivity index (χ3v) is 6.41. The van der Waals surface area contributed by atoms with Crippen LogP contribution in [0.4, 0.5) is 0 Å². The summed E-state index contributed by atoms with van der Waals surface area (Å²) in [5.74, 6) is 1.34. The molecule has 0 aliphatic carbocycles. The number of amides is 1. The quantitative estimate of drug-likeness (QED) is 0.599. The molecule has 1 unspecified atom stereocenters. The summed E-state index contributed by atoms with van der Waals surface area (Å²) in [6.45, 7) is 4.58. The van der Waals surface area contributed by atoms with Crippen molar-refractivity contribution in [2.24, 2.45) is 0 Å². The number of H-pyrrole nitrogens is 1. The van der Waals surface area contributed by atoms with Crippen LogP contribution >= 0.6 is 0 Å². The highest BCUT2D eigenvalue weighted by Gasteiger charge is 2.43. The smallest absolute Gasteiger partial charge is 0.273 e. The van der Waals surface area contributed by atoms with Gasteiger partial charge in [0.05, 0.1) is 39.2 Å². The first-order chi connectivity index (χ1) is 16.2. The molecule has 1 atom stereocenters. The van der Waals surface area contributed by atoms with E-state index in [2.05, 4.69) is 15.1 Å². The monoisotopic (exact) mass is 448 g/mol. The maximum Gasteiger partial charge on any atom is 0.273 e. The van der Waals surface area contributed by atoms with E-state index in [1.54, 1.807) is 14.2 Å². The van der Waals surface area contributed by atoms with Crippen LogP contribution in [0, 0.1) is 0 Å². The zero-order valence-corrected chi connectivity index (χ0v) is 18.9. The van der Waals surface area contributed by atoms with Gasteiger partial charge in [-0.2, -0.15) is 5.10 Å². The van der Waals surface area contributed by atoms with E-state index >= 15 is 0 Å². The molecular weight excluding hydrogens is 420 g/mol. The Morgan fingerprint density at radius 3 is 2.58 bits per heavy atom. The number of hydrogen-bond donors (Lipinski definition) is 1. The van der Waals surface area contributed by atoms with Gasteiger partial charge in [-0.15, -0.1) is 0 Å². The molecule has 172 valence electrons. The van der Waals surface area contributed by atoms with Crippen molar-refractivity contribution in [3.8, 4) is 22.8 Å². The molecule has 1 N–H and O–H groups in total. The van der Waals surface area contributed by atoms with Crippen LogP contribution in [0.15, 0.2) is 48.5 Å². The highest BCUT2D eigenvalue weighted by Crippen LogP contribution is 2.45. The second-order valence-corrected chi connectivity index (χ2v) is 8.19. The molecule has 5 rings (SSSR count). The summed E-state index contributed by atoms with van der Waals surface area (Å²) in [6.07, 6.45) is 0. The first-order valence-electron chi connectivity index (χ1n) is 11.2. The molecule has 3 heterocycles. The Morgan fingerprint density at radius 1 is 1.06 bits per heavy atom. The van der Waals surface area contributed by atoms with Gasteiger partial charge in [0.1, 0.15) is 17.2 Å². The fraction of sp³-hybridized carbons (Fsp3) is 0.360. The van der Waals surface area contributed by atoms with Crippen LogP contribution in [0.3, 0.4) is 0 Å². The molecule has 8 heteroatoms. The van der Waals surface area contributed by atoms with Crippen molar-refractivity contribution in [1.82, 2.24) is 20.0 Å². The minimum atomic E-state index is -0.316. The molecule has 8 nitrogen and oxygen atoms in total. The van der Waals surface area contributed by atoms with Gasteiger partial charge in [-0.3, -0.25) is 14.8 Å². The van der Waals surface area contributed by atoms with Crippen molar-refractivity contribution >= 4 is 5.91 Å². The van der Waals surface area contributed by atoms with Crippen LogP contribution in [0.5, 0.6) is 11.5 Å². The summed E-state index contributed by atoms with van der Waals surface area (Å²) >= 11 is 0. The maximum absolute atomic E-state index is 13.6. The maximum atomic E-state index is 13.6. The van der Waals surface area contributed by atoms with Gasteiger partial charge in [0.2, 0.25) is 0 Å². The highest BCUT2D eigenvalue weighted by atomic mass is 16.5. The van der Waals surface area contributed by atoms with Crippen LogP contribution in [-0.4, -0.2) is 79.5 Å². The van der Waals surface area contributed by atoms with E-state index in [1.807, 2.05) is 53.4 Å². The summed E-state index contributed by atoms with van der Waals surface area (Å²) in [5, 5.41) is 7.56. The highest BCUT2D eigenvalue weighted by molar-refractivity contribution is 6.00. The SMILES string of the molecule is COc1ccc(C2c3c(-c4ccccc4)n[nH]c3C(=O)N2CCN2CCOCC2)c(OC)c1. The Labute approximate surface area is 193 Å². The summed E-state index contributed by atoms with van der Waals surface area (Å²) < 4.78 is 16.6. The number of nitrogens with one attached hydrogen (secondary N) is 1. The van der Waals surface area contributed by atoms with Gasteiger partial charge in [0, 0.05) is 48.9 Å². The molecule has 33 heavy (non-hydrogen) atoms. The first-order valence-corrected chi connectivity index (χ1v) is 11.2. The first kappa shape index (κ1) is 21.5. The Kier molecular flexibility index (Phi) is 6.02. The van der Waals surface area contributed by atoms with Crippen LogP contribution in [-0.2, 0) is 4.74 Å². The lowest BCUT2D eigenvalue weighted by Crippen LogP contribution is -2.42. The normalized spacial score (nSPS) is 18.4. The fourth-order valence-electron chi connectivity index (χ4n) is 4.68. The van der Waals surface area contributed by atoms with Gasteiger partial charge in [-0.05, 0) is 12.1 Å². The van der Waals surface area contributed by atoms with Crippen LogP contribution in [0.25, 0.3) is 11.3 Å². The van der Waals surface area contributed by atoms with Crippen molar-refractivity contribution in [3.63, 3.8) is 0 Å². The number of nitrogens with zero attached hydrogens (tertiary/aromatic N) is 3. The molecule has 1 saturated heterocycles. The van der Waals surface area contributed by atoms with Gasteiger partial charge in [-0.1, -0.05) is 30.3 Å². The average Bonchev–Trinajstić information content (AvgIpc) is 3.42. The summed E-state index contributed by atoms with van der Waals surface area (Å²) in [4.78, 5) is 17.8. The van der Waals surface area contributed by atoms with Crippen molar-refractivity contribution in [1.29, 1.82) is 0 Å². The second-order valence-electron chi connectivity index (χ2n) is 8.19. The third kappa shape index (κ3) is 3.96. The Hall–Kier alpha value is -3.36. The predicted molar refractivity (Wildman–Crippen MR) is 124 cm³/mol. The molecule has 2 aromatic carbocycles. The van der Waals surface area contributed by atoms with Gasteiger partial charge < -0.3 is 19.1 Å². The number of hydrogen-bond acceptors (Lipinski definition) is 6. The molecular formula is C25H28N4O4. The number of morpholine rings is 1. The molecule has 0 radical (unpaired) electrons. The summed E-state index contributed by atoms with van der Waals surface area (Å²) in [5.41, 5.74) is 4.09. The van der Waals surface area contributed by atoms with Gasteiger partial charge in [0.25, 0.3) is 5.91 Å². The van der Waals surface area contributed by atoms with E-state index < -0.39 is 0 Å². The van der Waals surface area contributed by atoms with Crippen molar-refractivity contribution in [2.45, 2.75) is 6.04 Å². The molecule has 0 saturated carbocycles. The molecule has 0 bridgehead atoms. The van der Waals surface area contributed by atoms with E-state index in [4.69, 9.17) is 14.2 Å². The summed E-state index contributed by atoms with van der Waals surface area (Å²) in [7, 11) is 3.27. The largest absolute Gasteiger partial charge is 0.497 e. The molecule has 1 amide bonds. The number of aromatic nitrogens is 2. The number of carbonyl (C=O) groups is 1. The second kappa shape index (κ2) is 9.25. The zero-order valence-electron chi connectivity index (χ0n) is 18.9. The van der Waals surface area contributed by atoms with Crippen LogP contribution in [0.2, 0.25) is 0 Å². The molecule has 2 aliphatic heterocycles. The zero-order chi connectivity index (χ0) is 22.8. The number of benzene rings is 2. The van der Waals surface area contributed by atoms with E-state index in [9.17, 15) is 4.79 Å². The van der Waals surface area contributed by atoms with Crippen molar-refractivity contribution in [2.75, 3.05) is 53.6 Å². The number of aromatic amines is 1. The summed E-state index contributed by atoms with van der Waals surface area (Å²) in [6, 6.07) is 15.4. The Morgan fingerprint density at radius 2 is 1.85 bits per heavy atom. The molecule has 2 aliphatic rings. The predicted octanol–water partition coefficient (Wildman–Crippen LogP) is 2.97. The molecule has 0 spiro atoms. The number of ether oxygens (including phenoxy) is 3. The lowest BCUT2D eigenvalue weighted by atomic mass is 9.95. The average molecular weight is 449 g/mol. The van der Waals surface area contributed by atoms with Gasteiger partial charge >= 0.3 is 0 Å². The lowest BCUT2D eigenvalue weighted by molar-refractivity contribution is 0.0316. The van der Waals surface area contributed by atoms with Gasteiger partial charge in [-0.25, -0.2) is 0 Å². The van der Waals surface area contributed by atoms with Crippen molar-refractivity contribution in [3.05, 3.63) is 65.4 Å². The lowest BCUT2D eigenvalue weighted by Gasteiger charge is -2.32. The topological polar surface area (TPSA) is 79.9 Å². The molecule has 1 aromatic heterocycles. The molecule has 1 fully saturated rings.